The number of halogens is 1. The van der Waals surface area contributed by atoms with Crippen molar-refractivity contribution in [1.82, 2.24) is 0 Å². The summed E-state index contributed by atoms with van der Waals surface area (Å²) in [6.07, 6.45) is -0.659. The third-order valence-electron chi connectivity index (χ3n) is 2.80. The lowest BCUT2D eigenvalue weighted by Crippen LogP contribution is -2.26. The second-order valence-electron chi connectivity index (χ2n) is 4.65. The Morgan fingerprint density at radius 3 is 2.40 bits per heavy atom. The Kier molecular flexibility index (Phi) is 5.42. The fourth-order valence-corrected chi connectivity index (χ4v) is 2.48. The van der Waals surface area contributed by atoms with Crippen LogP contribution in [0.25, 0.3) is 0 Å². The molecule has 1 N–H and O–H groups in total. The number of carbonyl (C=O) groups is 1. The van der Waals surface area contributed by atoms with E-state index in [-0.39, 0.29) is 10.8 Å². The molecule has 0 aliphatic heterocycles. The van der Waals surface area contributed by atoms with Crippen LogP contribution in [0.15, 0.2) is 23.1 Å². The van der Waals surface area contributed by atoms with Gasteiger partial charge in [0.05, 0.1) is 4.90 Å². The van der Waals surface area contributed by atoms with Crippen molar-refractivity contribution in [2.75, 3.05) is 0 Å². The van der Waals surface area contributed by atoms with E-state index in [9.17, 15) is 13.2 Å². The summed E-state index contributed by atoms with van der Waals surface area (Å²) in [7, 11) is 1.48. The van der Waals surface area contributed by atoms with Crippen LogP contribution >= 0.6 is 10.7 Å². The van der Waals surface area contributed by atoms with Gasteiger partial charge in [0.15, 0.2) is 6.10 Å². The first-order valence-electron chi connectivity index (χ1n) is 6.14. The van der Waals surface area contributed by atoms with E-state index in [0.29, 0.717) is 17.7 Å². The largest absolute Gasteiger partial charge is 0.479 e. The fourth-order valence-electron chi connectivity index (χ4n) is 1.70. The quantitative estimate of drug-likeness (QED) is 0.815. The van der Waals surface area contributed by atoms with Crippen molar-refractivity contribution in [2.24, 2.45) is 0 Å². The molecular formula is C13H17ClO5S. The molecule has 0 saturated heterocycles. The lowest BCUT2D eigenvalue weighted by Gasteiger charge is -2.18. The zero-order valence-electron chi connectivity index (χ0n) is 11.5. The number of rotatable bonds is 6. The van der Waals surface area contributed by atoms with Crippen LogP contribution < -0.4 is 4.74 Å². The standard InChI is InChI=1S/C13H17ClO5S/c1-4-11(13(15)16)19-12-6-5-9(20(14,17)18)7-10(12)8(2)3/h5-8,11H,4H2,1-3H3,(H,15,16). The Balaban J connectivity index is 3.24. The molecule has 1 atom stereocenters. The molecule has 7 heteroatoms. The summed E-state index contributed by atoms with van der Waals surface area (Å²) in [5, 5.41) is 9.01. The van der Waals surface area contributed by atoms with E-state index in [1.54, 1.807) is 6.92 Å². The predicted octanol–water partition coefficient (Wildman–Crippen LogP) is 2.98. The van der Waals surface area contributed by atoms with Crippen LogP contribution in [0.2, 0.25) is 0 Å². The zero-order chi connectivity index (χ0) is 15.5. The van der Waals surface area contributed by atoms with Crippen molar-refractivity contribution in [3.8, 4) is 5.75 Å². The maximum absolute atomic E-state index is 11.3. The lowest BCUT2D eigenvalue weighted by molar-refractivity contribution is -0.145. The second-order valence-corrected chi connectivity index (χ2v) is 7.21. The maximum atomic E-state index is 11.3. The van der Waals surface area contributed by atoms with Crippen LogP contribution in [-0.4, -0.2) is 25.6 Å². The first-order chi connectivity index (χ1) is 9.16. The molecule has 0 radical (unpaired) electrons. The van der Waals surface area contributed by atoms with Crippen molar-refractivity contribution < 1.29 is 23.1 Å². The highest BCUT2D eigenvalue weighted by atomic mass is 35.7. The Morgan fingerprint density at radius 1 is 1.40 bits per heavy atom. The Labute approximate surface area is 122 Å². The third-order valence-corrected chi connectivity index (χ3v) is 4.15. The summed E-state index contributed by atoms with van der Waals surface area (Å²) in [4.78, 5) is 11.0. The van der Waals surface area contributed by atoms with Gasteiger partial charge in [0.2, 0.25) is 0 Å². The summed E-state index contributed by atoms with van der Waals surface area (Å²) < 4.78 is 28.1. The smallest absolute Gasteiger partial charge is 0.344 e. The van der Waals surface area contributed by atoms with Crippen molar-refractivity contribution in [2.45, 2.75) is 44.1 Å². The van der Waals surface area contributed by atoms with Gasteiger partial charge in [0.25, 0.3) is 9.05 Å². The van der Waals surface area contributed by atoms with Gasteiger partial charge in [0, 0.05) is 10.7 Å². The number of hydrogen-bond acceptors (Lipinski definition) is 4. The topological polar surface area (TPSA) is 80.7 Å². The van der Waals surface area contributed by atoms with Gasteiger partial charge in [-0.2, -0.15) is 0 Å². The van der Waals surface area contributed by atoms with Crippen molar-refractivity contribution in [1.29, 1.82) is 0 Å². The highest BCUT2D eigenvalue weighted by Gasteiger charge is 2.21. The molecule has 1 rings (SSSR count). The minimum atomic E-state index is -3.83. The lowest BCUT2D eigenvalue weighted by atomic mass is 10.0. The molecule has 0 fully saturated rings. The summed E-state index contributed by atoms with van der Waals surface area (Å²) in [5.41, 5.74) is 0.603. The molecule has 1 aromatic carbocycles. The van der Waals surface area contributed by atoms with E-state index >= 15 is 0 Å². The zero-order valence-corrected chi connectivity index (χ0v) is 13.0. The van der Waals surface area contributed by atoms with Crippen LogP contribution in [0, 0.1) is 0 Å². The van der Waals surface area contributed by atoms with Gasteiger partial charge in [-0.15, -0.1) is 0 Å². The SMILES string of the molecule is CCC(Oc1ccc(S(=O)(=O)Cl)cc1C(C)C)C(=O)O. The number of ether oxygens (including phenoxy) is 1. The molecule has 0 spiro atoms. The van der Waals surface area contributed by atoms with Crippen LogP contribution in [0.5, 0.6) is 5.75 Å². The number of hydrogen-bond donors (Lipinski definition) is 1. The van der Waals surface area contributed by atoms with Crippen LogP contribution in [0.1, 0.15) is 38.7 Å². The number of carboxylic acid groups (broad SMARTS) is 1. The fraction of sp³-hybridized carbons (Fsp3) is 0.462. The van der Waals surface area contributed by atoms with Gasteiger partial charge >= 0.3 is 5.97 Å². The minimum absolute atomic E-state index is 0.0291. The highest BCUT2D eigenvalue weighted by Crippen LogP contribution is 2.31. The van der Waals surface area contributed by atoms with Crippen LogP contribution in [-0.2, 0) is 13.8 Å². The molecule has 1 unspecified atom stereocenters. The molecule has 0 amide bonds. The molecule has 0 aliphatic rings. The molecular weight excluding hydrogens is 304 g/mol. The number of aliphatic carboxylic acids is 1. The third kappa shape index (κ3) is 4.11. The monoisotopic (exact) mass is 320 g/mol. The molecule has 0 aliphatic carbocycles. The molecule has 1 aromatic rings. The Hall–Kier alpha value is -1.27. The number of benzene rings is 1. The van der Waals surface area contributed by atoms with E-state index in [1.165, 1.54) is 18.2 Å². The maximum Gasteiger partial charge on any atom is 0.344 e. The molecule has 5 nitrogen and oxygen atoms in total. The van der Waals surface area contributed by atoms with Gasteiger partial charge in [-0.1, -0.05) is 20.8 Å². The van der Waals surface area contributed by atoms with Crippen molar-refractivity contribution in [3.05, 3.63) is 23.8 Å². The summed E-state index contributed by atoms with van der Waals surface area (Å²) in [6, 6.07) is 4.16. The van der Waals surface area contributed by atoms with Crippen molar-refractivity contribution in [3.63, 3.8) is 0 Å². The molecule has 0 saturated carbocycles. The molecule has 0 bridgehead atoms. The first kappa shape index (κ1) is 16.8. The molecule has 0 heterocycles. The van der Waals surface area contributed by atoms with Gasteiger partial charge < -0.3 is 9.84 Å². The van der Waals surface area contributed by atoms with Crippen LogP contribution in [0.3, 0.4) is 0 Å². The van der Waals surface area contributed by atoms with Gasteiger partial charge in [-0.25, -0.2) is 13.2 Å². The minimum Gasteiger partial charge on any atom is -0.479 e. The summed E-state index contributed by atoms with van der Waals surface area (Å²) in [5.74, 6) is -0.732. The Morgan fingerprint density at radius 2 is 2.00 bits per heavy atom. The average molecular weight is 321 g/mol. The normalized spacial score (nSPS) is 13.2. The summed E-state index contributed by atoms with van der Waals surface area (Å²) >= 11 is 0. The molecule has 0 aromatic heterocycles. The van der Waals surface area contributed by atoms with Crippen LogP contribution in [0.4, 0.5) is 0 Å². The second kappa shape index (κ2) is 6.45. The van der Waals surface area contributed by atoms with Gasteiger partial charge in [-0.3, -0.25) is 0 Å². The molecule has 112 valence electrons. The van der Waals surface area contributed by atoms with E-state index in [1.807, 2.05) is 13.8 Å². The predicted molar refractivity (Wildman–Crippen MR) is 75.9 cm³/mol. The van der Waals surface area contributed by atoms with E-state index in [2.05, 4.69) is 0 Å². The number of carboxylic acids is 1. The van der Waals surface area contributed by atoms with E-state index in [4.69, 9.17) is 20.5 Å². The van der Waals surface area contributed by atoms with Gasteiger partial charge in [0.1, 0.15) is 5.75 Å². The average Bonchev–Trinajstić information content (AvgIpc) is 2.34. The van der Waals surface area contributed by atoms with E-state index < -0.39 is 21.1 Å². The van der Waals surface area contributed by atoms with E-state index in [0.717, 1.165) is 0 Å². The Bertz CT molecular complexity index is 595. The summed E-state index contributed by atoms with van der Waals surface area (Å²) in [6.45, 7) is 5.41. The first-order valence-corrected chi connectivity index (χ1v) is 8.45. The molecule has 20 heavy (non-hydrogen) atoms. The highest BCUT2D eigenvalue weighted by molar-refractivity contribution is 8.13. The van der Waals surface area contributed by atoms with Gasteiger partial charge in [-0.05, 0) is 36.1 Å². The van der Waals surface area contributed by atoms with Crippen molar-refractivity contribution >= 4 is 25.7 Å².